The summed E-state index contributed by atoms with van der Waals surface area (Å²) in [5, 5.41) is 10.1. The van der Waals surface area contributed by atoms with Crippen LogP contribution in [0.2, 0.25) is 0 Å². The lowest BCUT2D eigenvalue weighted by Gasteiger charge is -2.23. The third kappa shape index (κ3) is 2.59. The topological polar surface area (TPSA) is 38.0 Å². The van der Waals surface area contributed by atoms with Gasteiger partial charge in [0.2, 0.25) is 0 Å². The molecule has 0 aliphatic heterocycles. The molecule has 15 heavy (non-hydrogen) atoms. The van der Waals surface area contributed by atoms with Crippen molar-refractivity contribution in [3.05, 3.63) is 18.2 Å². The molecule has 0 aromatic carbocycles. The summed E-state index contributed by atoms with van der Waals surface area (Å²) in [4.78, 5) is 4.19. The minimum atomic E-state index is -0.381. The fourth-order valence-corrected chi connectivity index (χ4v) is 2.54. The van der Waals surface area contributed by atoms with E-state index in [1.165, 1.54) is 32.1 Å². The average molecular weight is 208 g/mol. The van der Waals surface area contributed by atoms with Crippen LogP contribution in [0.3, 0.4) is 0 Å². The smallest absolute Gasteiger partial charge is 0.137 e. The lowest BCUT2D eigenvalue weighted by Crippen LogP contribution is -2.13. The molecule has 1 aliphatic rings. The van der Waals surface area contributed by atoms with Gasteiger partial charge in [0, 0.05) is 19.4 Å². The molecule has 0 saturated heterocycles. The highest BCUT2D eigenvalue weighted by Crippen LogP contribution is 2.31. The number of aromatic nitrogens is 2. The molecular formula is C12H20N2O. The summed E-state index contributed by atoms with van der Waals surface area (Å²) in [5.74, 6) is 1.51. The zero-order chi connectivity index (χ0) is 10.7. The van der Waals surface area contributed by atoms with Gasteiger partial charge in [0.1, 0.15) is 11.9 Å². The predicted octanol–water partition coefficient (Wildman–Crippen LogP) is 2.42. The van der Waals surface area contributed by atoms with Crippen LogP contribution in [0.15, 0.2) is 12.4 Å². The molecule has 3 heteroatoms. The molecule has 1 heterocycles. The van der Waals surface area contributed by atoms with Crippen molar-refractivity contribution in [3.8, 4) is 0 Å². The highest BCUT2D eigenvalue weighted by atomic mass is 16.3. The van der Waals surface area contributed by atoms with Crippen LogP contribution in [-0.4, -0.2) is 14.7 Å². The van der Waals surface area contributed by atoms with E-state index < -0.39 is 0 Å². The van der Waals surface area contributed by atoms with Crippen molar-refractivity contribution >= 4 is 0 Å². The van der Waals surface area contributed by atoms with Crippen LogP contribution >= 0.6 is 0 Å². The van der Waals surface area contributed by atoms with Gasteiger partial charge in [-0.2, -0.15) is 0 Å². The van der Waals surface area contributed by atoms with Crippen molar-refractivity contribution < 1.29 is 5.11 Å². The number of hydrogen-bond acceptors (Lipinski definition) is 2. The number of rotatable bonds is 3. The van der Waals surface area contributed by atoms with Gasteiger partial charge >= 0.3 is 0 Å². The van der Waals surface area contributed by atoms with Crippen LogP contribution in [0, 0.1) is 5.92 Å². The minimum Gasteiger partial charge on any atom is -0.385 e. The van der Waals surface area contributed by atoms with E-state index in [-0.39, 0.29) is 6.10 Å². The summed E-state index contributed by atoms with van der Waals surface area (Å²) in [6, 6.07) is 0. The molecule has 0 spiro atoms. The van der Waals surface area contributed by atoms with Gasteiger partial charge in [-0.25, -0.2) is 4.98 Å². The van der Waals surface area contributed by atoms with Gasteiger partial charge in [0.25, 0.3) is 0 Å². The summed E-state index contributed by atoms with van der Waals surface area (Å²) >= 11 is 0. The second-order valence-corrected chi connectivity index (χ2v) is 4.65. The first-order valence-corrected chi connectivity index (χ1v) is 5.92. The Bertz CT molecular complexity index is 302. The van der Waals surface area contributed by atoms with Gasteiger partial charge in [-0.3, -0.25) is 0 Å². The van der Waals surface area contributed by atoms with Crippen LogP contribution < -0.4 is 0 Å². The molecule has 1 saturated carbocycles. The van der Waals surface area contributed by atoms with Crippen LogP contribution in [0.4, 0.5) is 0 Å². The number of hydrogen-bond donors (Lipinski definition) is 1. The predicted molar refractivity (Wildman–Crippen MR) is 59.4 cm³/mol. The Morgan fingerprint density at radius 3 is 2.80 bits per heavy atom. The first-order chi connectivity index (χ1) is 7.27. The van der Waals surface area contributed by atoms with E-state index in [1.807, 2.05) is 17.8 Å². The quantitative estimate of drug-likeness (QED) is 0.828. The van der Waals surface area contributed by atoms with E-state index in [1.54, 1.807) is 6.20 Å². The molecule has 1 aromatic heterocycles. The van der Waals surface area contributed by atoms with Crippen LogP contribution in [0.1, 0.15) is 50.5 Å². The summed E-state index contributed by atoms with van der Waals surface area (Å²) in [7, 11) is 1.94. The van der Waals surface area contributed by atoms with Crippen molar-refractivity contribution in [2.45, 2.75) is 44.6 Å². The number of aliphatic hydroxyl groups is 1. The van der Waals surface area contributed by atoms with Gasteiger partial charge in [-0.05, 0) is 12.3 Å². The molecule has 1 unspecified atom stereocenters. The second-order valence-electron chi connectivity index (χ2n) is 4.65. The summed E-state index contributed by atoms with van der Waals surface area (Å²) in [6.45, 7) is 0. The van der Waals surface area contributed by atoms with Crippen molar-refractivity contribution in [1.29, 1.82) is 0 Å². The largest absolute Gasteiger partial charge is 0.385 e. The van der Waals surface area contributed by atoms with Crippen molar-refractivity contribution in [2.24, 2.45) is 13.0 Å². The van der Waals surface area contributed by atoms with Crippen molar-refractivity contribution in [2.75, 3.05) is 0 Å². The molecule has 0 bridgehead atoms. The molecule has 1 N–H and O–H groups in total. The molecular weight excluding hydrogens is 188 g/mol. The van der Waals surface area contributed by atoms with Crippen molar-refractivity contribution in [1.82, 2.24) is 9.55 Å². The maximum atomic E-state index is 10.1. The summed E-state index contributed by atoms with van der Waals surface area (Å²) in [6.07, 6.45) is 10.7. The highest BCUT2D eigenvalue weighted by molar-refractivity contribution is 4.95. The minimum absolute atomic E-state index is 0.381. The zero-order valence-corrected chi connectivity index (χ0v) is 9.39. The Kier molecular flexibility index (Phi) is 3.41. The highest BCUT2D eigenvalue weighted by Gasteiger charge is 2.20. The van der Waals surface area contributed by atoms with Gasteiger partial charge in [0.15, 0.2) is 0 Å². The molecule has 84 valence electrons. The Morgan fingerprint density at radius 1 is 1.47 bits per heavy atom. The lowest BCUT2D eigenvalue weighted by molar-refractivity contribution is 0.120. The SMILES string of the molecule is Cn1ccnc1C(O)CC1CCCCC1. The Balaban J connectivity index is 1.91. The Morgan fingerprint density at radius 2 is 2.20 bits per heavy atom. The van der Waals surface area contributed by atoms with Gasteiger partial charge in [-0.15, -0.1) is 0 Å². The number of imidazole rings is 1. The molecule has 1 aromatic rings. The molecule has 1 aliphatic carbocycles. The molecule has 1 fully saturated rings. The first kappa shape index (κ1) is 10.7. The Labute approximate surface area is 91.1 Å². The van der Waals surface area contributed by atoms with Gasteiger partial charge in [0.05, 0.1) is 0 Å². The fraction of sp³-hybridized carbons (Fsp3) is 0.750. The van der Waals surface area contributed by atoms with E-state index in [4.69, 9.17) is 0 Å². The monoisotopic (exact) mass is 208 g/mol. The van der Waals surface area contributed by atoms with E-state index in [0.29, 0.717) is 5.92 Å². The normalized spacial score (nSPS) is 20.4. The van der Waals surface area contributed by atoms with Crippen LogP contribution in [-0.2, 0) is 7.05 Å². The zero-order valence-electron chi connectivity index (χ0n) is 9.39. The third-order valence-electron chi connectivity index (χ3n) is 3.44. The van der Waals surface area contributed by atoms with E-state index in [0.717, 1.165) is 12.2 Å². The molecule has 2 rings (SSSR count). The lowest BCUT2D eigenvalue weighted by atomic mass is 9.85. The maximum absolute atomic E-state index is 10.1. The second kappa shape index (κ2) is 4.79. The number of nitrogens with zero attached hydrogens (tertiary/aromatic N) is 2. The number of aryl methyl sites for hydroxylation is 1. The van der Waals surface area contributed by atoms with Crippen LogP contribution in [0.5, 0.6) is 0 Å². The summed E-state index contributed by atoms with van der Waals surface area (Å²) < 4.78 is 1.91. The molecule has 0 radical (unpaired) electrons. The average Bonchev–Trinajstić information content (AvgIpc) is 2.66. The van der Waals surface area contributed by atoms with E-state index in [2.05, 4.69) is 4.98 Å². The van der Waals surface area contributed by atoms with Gasteiger partial charge < -0.3 is 9.67 Å². The van der Waals surface area contributed by atoms with E-state index >= 15 is 0 Å². The Hall–Kier alpha value is -0.830. The van der Waals surface area contributed by atoms with Crippen molar-refractivity contribution in [3.63, 3.8) is 0 Å². The molecule has 1 atom stereocenters. The maximum Gasteiger partial charge on any atom is 0.137 e. The van der Waals surface area contributed by atoms with Gasteiger partial charge in [-0.1, -0.05) is 32.1 Å². The number of aliphatic hydroxyl groups excluding tert-OH is 1. The van der Waals surface area contributed by atoms with E-state index in [9.17, 15) is 5.11 Å². The fourth-order valence-electron chi connectivity index (χ4n) is 2.54. The molecule has 0 amide bonds. The van der Waals surface area contributed by atoms with Crippen LogP contribution in [0.25, 0.3) is 0 Å². The third-order valence-corrected chi connectivity index (χ3v) is 3.44. The summed E-state index contributed by atoms with van der Waals surface area (Å²) in [5.41, 5.74) is 0. The first-order valence-electron chi connectivity index (χ1n) is 5.92. The standard InChI is InChI=1S/C12H20N2O/c1-14-8-7-13-12(14)11(15)9-10-5-3-2-4-6-10/h7-8,10-11,15H,2-6,9H2,1H3. The molecule has 3 nitrogen and oxygen atoms in total.